The second-order valence-electron chi connectivity index (χ2n) is 4.72. The molecule has 0 aliphatic carbocycles. The van der Waals surface area contributed by atoms with E-state index < -0.39 is 17.3 Å². The molecule has 1 atom stereocenters. The van der Waals surface area contributed by atoms with E-state index in [1.807, 2.05) is 37.3 Å². The Bertz CT molecular complexity index is 615. The summed E-state index contributed by atoms with van der Waals surface area (Å²) < 4.78 is 19.1. The first-order chi connectivity index (χ1) is 10.1. The number of carbonyl (C=O) groups is 1. The van der Waals surface area contributed by atoms with Crippen molar-refractivity contribution < 1.29 is 13.9 Å². The van der Waals surface area contributed by atoms with Crippen molar-refractivity contribution in [2.45, 2.75) is 18.9 Å². The maximum atomic E-state index is 14.2. The normalized spacial score (nSPS) is 13.3. The van der Waals surface area contributed by atoms with Crippen molar-refractivity contribution in [1.29, 1.82) is 0 Å². The standard InChI is InChI=1S/C17H18FNO2/c1-3-17(16(20)21-2,14-11-7-8-12-15(14)18)19-13-9-5-4-6-10-13/h4-12,19H,3H2,1-2H3. The third kappa shape index (κ3) is 2.89. The molecule has 0 spiro atoms. The first-order valence-corrected chi connectivity index (χ1v) is 6.80. The fourth-order valence-electron chi connectivity index (χ4n) is 2.40. The summed E-state index contributed by atoms with van der Waals surface area (Å²) in [4.78, 5) is 12.4. The number of benzene rings is 2. The van der Waals surface area contributed by atoms with Gasteiger partial charge < -0.3 is 10.1 Å². The second-order valence-corrected chi connectivity index (χ2v) is 4.72. The molecule has 0 radical (unpaired) electrons. The second kappa shape index (κ2) is 6.39. The van der Waals surface area contributed by atoms with Gasteiger partial charge in [0.05, 0.1) is 7.11 Å². The molecule has 0 aromatic heterocycles. The fourth-order valence-corrected chi connectivity index (χ4v) is 2.40. The van der Waals surface area contributed by atoms with E-state index in [4.69, 9.17) is 4.74 Å². The zero-order valence-corrected chi connectivity index (χ0v) is 12.1. The van der Waals surface area contributed by atoms with Crippen molar-refractivity contribution in [3.05, 3.63) is 66.0 Å². The summed E-state index contributed by atoms with van der Waals surface area (Å²) in [5.74, 6) is -0.952. The molecule has 0 saturated carbocycles. The Hall–Kier alpha value is -2.36. The SMILES string of the molecule is CCC(Nc1ccccc1)(C(=O)OC)c1ccccc1F. The van der Waals surface area contributed by atoms with Crippen LogP contribution in [0.15, 0.2) is 54.6 Å². The van der Waals surface area contributed by atoms with Crippen LogP contribution in [0.3, 0.4) is 0 Å². The van der Waals surface area contributed by atoms with Gasteiger partial charge in [0.2, 0.25) is 0 Å². The number of nitrogens with one attached hydrogen (secondary N) is 1. The predicted octanol–water partition coefficient (Wildman–Crippen LogP) is 3.72. The molecule has 0 aliphatic rings. The molecule has 2 rings (SSSR count). The maximum Gasteiger partial charge on any atom is 0.336 e. The lowest BCUT2D eigenvalue weighted by molar-refractivity contribution is -0.146. The molecule has 0 saturated heterocycles. The zero-order chi connectivity index (χ0) is 15.3. The van der Waals surface area contributed by atoms with Gasteiger partial charge in [-0.05, 0) is 24.6 Å². The lowest BCUT2D eigenvalue weighted by atomic mass is 9.86. The van der Waals surface area contributed by atoms with E-state index in [2.05, 4.69) is 5.32 Å². The number of esters is 1. The van der Waals surface area contributed by atoms with Crippen molar-refractivity contribution in [3.8, 4) is 0 Å². The van der Waals surface area contributed by atoms with Gasteiger partial charge in [-0.25, -0.2) is 9.18 Å². The van der Waals surface area contributed by atoms with E-state index in [-0.39, 0.29) is 5.56 Å². The Morgan fingerprint density at radius 3 is 2.33 bits per heavy atom. The van der Waals surface area contributed by atoms with E-state index in [1.54, 1.807) is 18.2 Å². The van der Waals surface area contributed by atoms with E-state index in [0.29, 0.717) is 6.42 Å². The average Bonchev–Trinajstić information content (AvgIpc) is 2.53. The number of anilines is 1. The topological polar surface area (TPSA) is 38.3 Å². The van der Waals surface area contributed by atoms with E-state index in [1.165, 1.54) is 13.2 Å². The lowest BCUT2D eigenvalue weighted by Crippen LogP contribution is -2.44. The first kappa shape index (κ1) is 15.0. The number of ether oxygens (including phenoxy) is 1. The number of hydrogen-bond donors (Lipinski definition) is 1. The van der Waals surface area contributed by atoms with Gasteiger partial charge in [0.1, 0.15) is 5.82 Å². The van der Waals surface area contributed by atoms with Crippen LogP contribution < -0.4 is 5.32 Å². The Morgan fingerprint density at radius 2 is 1.76 bits per heavy atom. The highest BCUT2D eigenvalue weighted by Gasteiger charge is 2.41. The Kier molecular flexibility index (Phi) is 4.58. The smallest absolute Gasteiger partial charge is 0.336 e. The van der Waals surface area contributed by atoms with Crippen LogP contribution in [0.4, 0.5) is 10.1 Å². The van der Waals surface area contributed by atoms with Crippen molar-refractivity contribution in [3.63, 3.8) is 0 Å². The molecule has 0 heterocycles. The minimum atomic E-state index is -1.25. The van der Waals surface area contributed by atoms with E-state index >= 15 is 0 Å². The summed E-state index contributed by atoms with van der Waals surface area (Å²) >= 11 is 0. The molecule has 110 valence electrons. The molecule has 21 heavy (non-hydrogen) atoms. The average molecular weight is 287 g/mol. The number of methoxy groups -OCH3 is 1. The first-order valence-electron chi connectivity index (χ1n) is 6.80. The fraction of sp³-hybridized carbons (Fsp3) is 0.235. The maximum absolute atomic E-state index is 14.2. The Balaban J connectivity index is 2.54. The van der Waals surface area contributed by atoms with Gasteiger partial charge in [-0.15, -0.1) is 0 Å². The Morgan fingerprint density at radius 1 is 1.14 bits per heavy atom. The summed E-state index contributed by atoms with van der Waals surface area (Å²) in [6.45, 7) is 1.82. The van der Waals surface area contributed by atoms with Crippen molar-refractivity contribution in [2.75, 3.05) is 12.4 Å². The van der Waals surface area contributed by atoms with Crippen molar-refractivity contribution >= 4 is 11.7 Å². The van der Waals surface area contributed by atoms with Crippen LogP contribution in [0.2, 0.25) is 0 Å². The highest BCUT2D eigenvalue weighted by Crippen LogP contribution is 2.32. The molecule has 0 bridgehead atoms. The third-order valence-electron chi connectivity index (χ3n) is 3.53. The molecule has 3 nitrogen and oxygen atoms in total. The van der Waals surface area contributed by atoms with Crippen LogP contribution in [-0.4, -0.2) is 13.1 Å². The van der Waals surface area contributed by atoms with Crippen LogP contribution >= 0.6 is 0 Å². The van der Waals surface area contributed by atoms with Gasteiger partial charge in [-0.3, -0.25) is 0 Å². The van der Waals surface area contributed by atoms with Gasteiger partial charge in [-0.1, -0.05) is 43.3 Å². The summed E-state index contributed by atoms with van der Waals surface area (Å²) in [6, 6.07) is 15.5. The molecule has 2 aromatic rings. The third-order valence-corrected chi connectivity index (χ3v) is 3.53. The monoisotopic (exact) mass is 287 g/mol. The molecule has 0 fully saturated rings. The summed E-state index contributed by atoms with van der Waals surface area (Å²) in [5.41, 5.74) is -0.238. The van der Waals surface area contributed by atoms with Crippen LogP contribution in [-0.2, 0) is 15.1 Å². The molecular weight excluding hydrogens is 269 g/mol. The van der Waals surface area contributed by atoms with Crippen LogP contribution in [0.5, 0.6) is 0 Å². The predicted molar refractivity (Wildman–Crippen MR) is 80.4 cm³/mol. The lowest BCUT2D eigenvalue weighted by Gasteiger charge is -2.32. The summed E-state index contributed by atoms with van der Waals surface area (Å²) in [6.07, 6.45) is 0.357. The van der Waals surface area contributed by atoms with Crippen molar-refractivity contribution in [1.82, 2.24) is 0 Å². The number of rotatable bonds is 5. The van der Waals surface area contributed by atoms with Gasteiger partial charge in [0.15, 0.2) is 5.54 Å². The highest BCUT2D eigenvalue weighted by atomic mass is 19.1. The minimum Gasteiger partial charge on any atom is -0.467 e. The van der Waals surface area contributed by atoms with Gasteiger partial charge in [0.25, 0.3) is 0 Å². The van der Waals surface area contributed by atoms with Crippen LogP contribution in [0.25, 0.3) is 0 Å². The molecule has 0 amide bonds. The summed E-state index contributed by atoms with van der Waals surface area (Å²) in [7, 11) is 1.31. The Labute approximate surface area is 123 Å². The van der Waals surface area contributed by atoms with Gasteiger partial charge in [-0.2, -0.15) is 0 Å². The molecule has 1 unspecified atom stereocenters. The van der Waals surface area contributed by atoms with Crippen LogP contribution in [0, 0.1) is 5.82 Å². The quantitative estimate of drug-likeness (QED) is 0.852. The minimum absolute atomic E-state index is 0.281. The van der Waals surface area contributed by atoms with Gasteiger partial charge >= 0.3 is 5.97 Å². The molecule has 2 aromatic carbocycles. The highest BCUT2D eigenvalue weighted by molar-refractivity contribution is 5.86. The van der Waals surface area contributed by atoms with Crippen LogP contribution in [0.1, 0.15) is 18.9 Å². The molecule has 0 aliphatic heterocycles. The molecule has 1 N–H and O–H groups in total. The van der Waals surface area contributed by atoms with Crippen molar-refractivity contribution in [2.24, 2.45) is 0 Å². The number of carbonyl (C=O) groups excluding carboxylic acids is 1. The zero-order valence-electron chi connectivity index (χ0n) is 12.1. The summed E-state index contributed by atoms with van der Waals surface area (Å²) in [5, 5.41) is 3.14. The van der Waals surface area contributed by atoms with Gasteiger partial charge in [0, 0.05) is 11.3 Å². The number of hydrogen-bond acceptors (Lipinski definition) is 3. The number of para-hydroxylation sites is 1. The number of halogens is 1. The largest absolute Gasteiger partial charge is 0.467 e. The van der Waals surface area contributed by atoms with E-state index in [0.717, 1.165) is 5.69 Å². The van der Waals surface area contributed by atoms with E-state index in [9.17, 15) is 9.18 Å². The molecule has 4 heteroatoms. The molecular formula is C17H18FNO2.